The number of halogens is 3. The van der Waals surface area contributed by atoms with Crippen molar-refractivity contribution in [3.63, 3.8) is 0 Å². The maximum Gasteiger partial charge on any atom is 0.211 e. The lowest BCUT2D eigenvalue weighted by atomic mass is 10.1. The largest absolute Gasteiger partial charge is 0.387 e. The molecule has 0 aliphatic heterocycles. The van der Waals surface area contributed by atoms with E-state index in [1.165, 1.54) is 0 Å². The topological polar surface area (TPSA) is 66.4 Å². The van der Waals surface area contributed by atoms with Crippen molar-refractivity contribution in [1.82, 2.24) is 4.72 Å². The number of nitrogens with one attached hydrogen (secondary N) is 1. The van der Waals surface area contributed by atoms with Gasteiger partial charge in [-0.3, -0.25) is 4.39 Å². The second-order valence-electron chi connectivity index (χ2n) is 3.86. The first kappa shape index (κ1) is 16.7. The molecule has 1 unspecified atom stereocenters. The molecule has 4 nitrogen and oxygen atoms in total. The van der Waals surface area contributed by atoms with E-state index >= 15 is 0 Å². The Morgan fingerprint density at radius 1 is 1.32 bits per heavy atom. The van der Waals surface area contributed by atoms with Crippen molar-refractivity contribution in [3.05, 3.63) is 33.8 Å². The molecule has 0 heterocycles. The fourth-order valence-electron chi connectivity index (χ4n) is 1.45. The molecule has 1 aromatic carbocycles. The Bertz CT molecular complexity index is 504. The molecule has 8 heteroatoms. The third kappa shape index (κ3) is 5.24. The molecule has 0 aromatic heterocycles. The van der Waals surface area contributed by atoms with Crippen molar-refractivity contribution in [2.45, 2.75) is 12.5 Å². The number of hydrogen-bond donors (Lipinski definition) is 2. The van der Waals surface area contributed by atoms with Crippen molar-refractivity contribution in [3.8, 4) is 0 Å². The minimum absolute atomic E-state index is 0.0850. The summed E-state index contributed by atoms with van der Waals surface area (Å²) in [5.74, 6) is -0.327. The zero-order valence-corrected chi connectivity index (χ0v) is 12.3. The van der Waals surface area contributed by atoms with E-state index in [1.54, 1.807) is 18.2 Å². The van der Waals surface area contributed by atoms with Gasteiger partial charge in [-0.25, -0.2) is 13.1 Å². The second kappa shape index (κ2) is 7.40. The lowest BCUT2D eigenvalue weighted by Crippen LogP contribution is -2.30. The SMILES string of the molecule is O=S(=O)(CCCF)NCC(O)c1c(Cl)cccc1Cl. The summed E-state index contributed by atoms with van der Waals surface area (Å²) in [6.07, 6.45) is -1.25. The van der Waals surface area contributed by atoms with Crippen LogP contribution in [0, 0.1) is 0 Å². The first-order valence-corrected chi connectivity index (χ1v) is 7.93. The standard InChI is InChI=1S/C11H14Cl2FNO3S/c12-8-3-1-4-9(13)11(8)10(16)7-15-19(17,18)6-2-5-14/h1,3-4,10,15-16H,2,5-7H2. The summed E-state index contributed by atoms with van der Waals surface area (Å²) in [5.41, 5.74) is 0.263. The van der Waals surface area contributed by atoms with Crippen LogP contribution in [0.4, 0.5) is 4.39 Å². The number of rotatable bonds is 7. The number of benzene rings is 1. The van der Waals surface area contributed by atoms with Gasteiger partial charge in [0.1, 0.15) is 0 Å². The normalized spacial score (nSPS) is 13.5. The number of hydrogen-bond acceptors (Lipinski definition) is 3. The lowest BCUT2D eigenvalue weighted by Gasteiger charge is -2.15. The number of sulfonamides is 1. The van der Waals surface area contributed by atoms with Crippen molar-refractivity contribution in [2.24, 2.45) is 0 Å². The van der Waals surface area contributed by atoms with E-state index in [0.29, 0.717) is 0 Å². The summed E-state index contributed by atoms with van der Waals surface area (Å²) in [7, 11) is -3.61. The smallest absolute Gasteiger partial charge is 0.211 e. The van der Waals surface area contributed by atoms with Crippen LogP contribution in [-0.4, -0.2) is 32.5 Å². The quantitative estimate of drug-likeness (QED) is 0.806. The predicted molar refractivity (Wildman–Crippen MR) is 73.8 cm³/mol. The summed E-state index contributed by atoms with van der Waals surface area (Å²) < 4.78 is 37.0. The van der Waals surface area contributed by atoms with Crippen molar-refractivity contribution >= 4 is 33.2 Å². The molecule has 0 aliphatic rings. The van der Waals surface area contributed by atoms with Gasteiger partial charge in [-0.2, -0.15) is 0 Å². The average molecular weight is 330 g/mol. The zero-order valence-electron chi connectivity index (χ0n) is 9.94. The van der Waals surface area contributed by atoms with Crippen LogP contribution in [0.3, 0.4) is 0 Å². The Morgan fingerprint density at radius 3 is 2.42 bits per heavy atom. The van der Waals surface area contributed by atoms with Gasteiger partial charge >= 0.3 is 0 Å². The number of aliphatic hydroxyl groups is 1. The van der Waals surface area contributed by atoms with E-state index in [2.05, 4.69) is 4.72 Å². The Labute approximate surface area is 121 Å². The second-order valence-corrected chi connectivity index (χ2v) is 6.60. The minimum Gasteiger partial charge on any atom is -0.387 e. The first-order valence-electron chi connectivity index (χ1n) is 5.52. The average Bonchev–Trinajstić information content (AvgIpc) is 2.34. The Balaban J connectivity index is 2.68. The van der Waals surface area contributed by atoms with Gasteiger partial charge in [0.15, 0.2) is 0 Å². The summed E-state index contributed by atoms with van der Waals surface area (Å²) >= 11 is 11.8. The molecular weight excluding hydrogens is 316 g/mol. The third-order valence-corrected chi connectivity index (χ3v) is 4.47. The predicted octanol–water partition coefficient (Wildman–Crippen LogP) is 2.31. The summed E-state index contributed by atoms with van der Waals surface area (Å²) in [6, 6.07) is 4.71. The molecule has 1 aromatic rings. The molecule has 2 N–H and O–H groups in total. The molecule has 0 saturated heterocycles. The molecule has 0 aliphatic carbocycles. The van der Waals surface area contributed by atoms with Crippen LogP contribution in [-0.2, 0) is 10.0 Å². The number of aliphatic hydroxyl groups excluding tert-OH is 1. The monoisotopic (exact) mass is 329 g/mol. The molecule has 108 valence electrons. The van der Waals surface area contributed by atoms with Gasteiger partial charge in [0.05, 0.1) is 18.5 Å². The molecule has 0 fully saturated rings. The maximum absolute atomic E-state index is 11.9. The van der Waals surface area contributed by atoms with Crippen molar-refractivity contribution < 1.29 is 17.9 Å². The molecule has 1 rings (SSSR count). The first-order chi connectivity index (χ1) is 8.87. The molecule has 19 heavy (non-hydrogen) atoms. The van der Waals surface area contributed by atoms with Crippen LogP contribution in [0.25, 0.3) is 0 Å². The van der Waals surface area contributed by atoms with Crippen LogP contribution in [0.1, 0.15) is 18.1 Å². The van der Waals surface area contributed by atoms with Crippen molar-refractivity contribution in [2.75, 3.05) is 19.0 Å². The molecule has 0 saturated carbocycles. The van der Waals surface area contributed by atoms with E-state index in [1.807, 2.05) is 0 Å². The fourth-order valence-corrected chi connectivity index (χ4v) is 3.15. The maximum atomic E-state index is 11.9. The van der Waals surface area contributed by atoms with Gasteiger partial charge in [0.2, 0.25) is 10.0 Å². The van der Waals surface area contributed by atoms with Gasteiger partial charge in [-0.1, -0.05) is 29.3 Å². The highest BCUT2D eigenvalue weighted by molar-refractivity contribution is 7.89. The van der Waals surface area contributed by atoms with Crippen LogP contribution in [0.5, 0.6) is 0 Å². The molecule has 0 bridgehead atoms. The van der Waals surface area contributed by atoms with E-state index < -0.39 is 22.8 Å². The van der Waals surface area contributed by atoms with E-state index in [0.717, 1.165) is 0 Å². The highest BCUT2D eigenvalue weighted by atomic mass is 35.5. The zero-order chi connectivity index (χ0) is 14.5. The fraction of sp³-hybridized carbons (Fsp3) is 0.455. The van der Waals surface area contributed by atoms with Gasteiger partial charge < -0.3 is 5.11 Å². The van der Waals surface area contributed by atoms with Crippen LogP contribution in [0.15, 0.2) is 18.2 Å². The van der Waals surface area contributed by atoms with Crippen LogP contribution in [0.2, 0.25) is 10.0 Å². The van der Waals surface area contributed by atoms with Crippen LogP contribution >= 0.6 is 23.2 Å². The van der Waals surface area contributed by atoms with Gasteiger partial charge in [-0.15, -0.1) is 0 Å². The Hall–Kier alpha value is -0.400. The Morgan fingerprint density at radius 2 is 1.89 bits per heavy atom. The Kier molecular flexibility index (Phi) is 6.49. The highest BCUT2D eigenvalue weighted by Crippen LogP contribution is 2.29. The molecular formula is C11H14Cl2FNO3S. The number of alkyl halides is 1. The van der Waals surface area contributed by atoms with Crippen LogP contribution < -0.4 is 4.72 Å². The molecule has 0 spiro atoms. The van der Waals surface area contributed by atoms with E-state index in [4.69, 9.17) is 23.2 Å². The van der Waals surface area contributed by atoms with Gasteiger partial charge in [-0.05, 0) is 18.6 Å². The van der Waals surface area contributed by atoms with Gasteiger partial charge in [0.25, 0.3) is 0 Å². The van der Waals surface area contributed by atoms with Crippen molar-refractivity contribution in [1.29, 1.82) is 0 Å². The minimum atomic E-state index is -3.61. The molecule has 1 atom stereocenters. The summed E-state index contributed by atoms with van der Waals surface area (Å²) in [4.78, 5) is 0. The van der Waals surface area contributed by atoms with E-state index in [9.17, 15) is 17.9 Å². The van der Waals surface area contributed by atoms with Gasteiger partial charge in [0, 0.05) is 22.2 Å². The molecule has 0 radical (unpaired) electrons. The molecule has 0 amide bonds. The van der Waals surface area contributed by atoms with E-state index in [-0.39, 0.29) is 34.3 Å². The summed E-state index contributed by atoms with van der Waals surface area (Å²) in [6.45, 7) is -0.974. The summed E-state index contributed by atoms with van der Waals surface area (Å²) in [5, 5.41) is 10.4. The third-order valence-electron chi connectivity index (χ3n) is 2.38. The lowest BCUT2D eigenvalue weighted by molar-refractivity contribution is 0.182. The highest BCUT2D eigenvalue weighted by Gasteiger charge is 2.18.